The van der Waals surface area contributed by atoms with Crippen LogP contribution in [0.15, 0.2) is 24.3 Å². The van der Waals surface area contributed by atoms with E-state index in [1.165, 1.54) is 0 Å². The third-order valence-corrected chi connectivity index (χ3v) is 4.06. The third-order valence-electron chi connectivity index (χ3n) is 4.06. The van der Waals surface area contributed by atoms with Gasteiger partial charge in [0.05, 0.1) is 19.3 Å². The first-order chi connectivity index (χ1) is 10.1. The molecule has 4 heteroatoms. The van der Waals surface area contributed by atoms with Crippen LogP contribution in [0.3, 0.4) is 0 Å². The normalized spacial score (nSPS) is 21.0. The standard InChI is InChI=1S/C17H25NO3/c1-3-21-15-7-5-14(6-8-15)16(19)12-18-11-10-13(2)4-9-17(18)20/h5-8,13,16,19H,3-4,9-12H2,1-2H3. The number of β-amino-alcohol motifs (C(OH)–C–C–N with tert-alkyl or cyclic N) is 1. The zero-order valence-corrected chi connectivity index (χ0v) is 12.9. The summed E-state index contributed by atoms with van der Waals surface area (Å²) < 4.78 is 5.39. The average molecular weight is 291 g/mol. The third kappa shape index (κ3) is 4.46. The van der Waals surface area contributed by atoms with Crippen molar-refractivity contribution in [1.82, 2.24) is 4.90 Å². The Bertz CT molecular complexity index is 458. The van der Waals surface area contributed by atoms with Crippen LogP contribution >= 0.6 is 0 Å². The number of carbonyl (C=O) groups is 1. The summed E-state index contributed by atoms with van der Waals surface area (Å²) in [5, 5.41) is 10.3. The number of ether oxygens (including phenoxy) is 1. The van der Waals surface area contributed by atoms with E-state index in [9.17, 15) is 9.90 Å². The largest absolute Gasteiger partial charge is 0.494 e. The van der Waals surface area contributed by atoms with Crippen molar-refractivity contribution >= 4 is 5.91 Å². The minimum atomic E-state index is -0.641. The van der Waals surface area contributed by atoms with Gasteiger partial charge >= 0.3 is 0 Å². The number of hydrogen-bond acceptors (Lipinski definition) is 3. The number of hydrogen-bond donors (Lipinski definition) is 1. The molecule has 1 amide bonds. The van der Waals surface area contributed by atoms with Gasteiger partial charge in [-0.2, -0.15) is 0 Å². The maximum atomic E-state index is 12.1. The van der Waals surface area contributed by atoms with Crippen LogP contribution in [-0.2, 0) is 4.79 Å². The molecular weight excluding hydrogens is 266 g/mol. The highest BCUT2D eigenvalue weighted by atomic mass is 16.5. The van der Waals surface area contributed by atoms with Crippen molar-refractivity contribution in [3.63, 3.8) is 0 Å². The van der Waals surface area contributed by atoms with E-state index in [1.54, 1.807) is 4.90 Å². The van der Waals surface area contributed by atoms with Crippen LogP contribution in [0.2, 0.25) is 0 Å². The van der Waals surface area contributed by atoms with Crippen LogP contribution in [0.5, 0.6) is 5.75 Å². The summed E-state index contributed by atoms with van der Waals surface area (Å²) in [7, 11) is 0. The first-order valence-electron chi connectivity index (χ1n) is 7.78. The number of aliphatic hydroxyl groups excluding tert-OH is 1. The quantitative estimate of drug-likeness (QED) is 0.907. The van der Waals surface area contributed by atoms with Gasteiger partial charge < -0.3 is 14.7 Å². The number of likely N-dealkylation sites (tertiary alicyclic amines) is 1. The first kappa shape index (κ1) is 15.8. The molecule has 1 N–H and O–H groups in total. The van der Waals surface area contributed by atoms with Crippen LogP contribution in [-0.4, -0.2) is 35.6 Å². The second kappa shape index (κ2) is 7.46. The number of carbonyl (C=O) groups excluding carboxylic acids is 1. The molecule has 0 radical (unpaired) electrons. The fourth-order valence-electron chi connectivity index (χ4n) is 2.63. The molecule has 1 fully saturated rings. The van der Waals surface area contributed by atoms with Gasteiger partial charge in [-0.05, 0) is 43.4 Å². The summed E-state index contributed by atoms with van der Waals surface area (Å²) in [5.41, 5.74) is 0.823. The van der Waals surface area contributed by atoms with Gasteiger partial charge in [0.1, 0.15) is 5.75 Å². The van der Waals surface area contributed by atoms with Crippen LogP contribution in [0, 0.1) is 5.92 Å². The zero-order chi connectivity index (χ0) is 15.2. The van der Waals surface area contributed by atoms with Gasteiger partial charge in [0, 0.05) is 13.0 Å². The number of benzene rings is 1. The Morgan fingerprint density at radius 3 is 2.71 bits per heavy atom. The lowest BCUT2D eigenvalue weighted by Gasteiger charge is -2.24. The highest BCUT2D eigenvalue weighted by Gasteiger charge is 2.22. The van der Waals surface area contributed by atoms with Crippen molar-refractivity contribution < 1.29 is 14.6 Å². The Morgan fingerprint density at radius 2 is 2.05 bits per heavy atom. The number of aliphatic hydroxyl groups is 1. The van der Waals surface area contributed by atoms with Crippen LogP contribution in [0.1, 0.15) is 44.8 Å². The van der Waals surface area contributed by atoms with Crippen LogP contribution in [0.4, 0.5) is 0 Å². The van der Waals surface area contributed by atoms with Crippen molar-refractivity contribution in [2.75, 3.05) is 19.7 Å². The molecule has 1 aromatic carbocycles. The molecule has 0 saturated carbocycles. The molecule has 1 aliphatic heterocycles. The smallest absolute Gasteiger partial charge is 0.222 e. The zero-order valence-electron chi connectivity index (χ0n) is 12.9. The summed E-state index contributed by atoms with van der Waals surface area (Å²) in [6, 6.07) is 7.43. The van der Waals surface area contributed by atoms with E-state index in [2.05, 4.69) is 6.92 Å². The van der Waals surface area contributed by atoms with Crippen molar-refractivity contribution in [2.45, 2.75) is 39.2 Å². The predicted molar refractivity (Wildman–Crippen MR) is 82.2 cm³/mol. The van der Waals surface area contributed by atoms with E-state index in [1.807, 2.05) is 31.2 Å². The Morgan fingerprint density at radius 1 is 1.33 bits per heavy atom. The van der Waals surface area contributed by atoms with Crippen molar-refractivity contribution in [2.24, 2.45) is 5.92 Å². The lowest BCUT2D eigenvalue weighted by Crippen LogP contribution is -2.34. The molecule has 1 heterocycles. The fraction of sp³-hybridized carbons (Fsp3) is 0.588. The minimum absolute atomic E-state index is 0.157. The summed E-state index contributed by atoms with van der Waals surface area (Å²) in [6.45, 7) is 5.87. The van der Waals surface area contributed by atoms with Gasteiger partial charge in [-0.15, -0.1) is 0 Å². The van der Waals surface area contributed by atoms with E-state index >= 15 is 0 Å². The van der Waals surface area contributed by atoms with E-state index in [4.69, 9.17) is 4.74 Å². The number of amides is 1. The van der Waals surface area contributed by atoms with Gasteiger partial charge in [-0.3, -0.25) is 4.79 Å². The molecule has 0 bridgehead atoms. The Balaban J connectivity index is 1.96. The van der Waals surface area contributed by atoms with E-state index in [0.29, 0.717) is 25.5 Å². The molecule has 2 atom stereocenters. The molecular formula is C17H25NO3. The highest BCUT2D eigenvalue weighted by molar-refractivity contribution is 5.76. The molecule has 0 aliphatic carbocycles. The molecule has 4 nitrogen and oxygen atoms in total. The molecule has 0 aromatic heterocycles. The lowest BCUT2D eigenvalue weighted by atomic mass is 10.0. The van der Waals surface area contributed by atoms with Gasteiger partial charge in [-0.25, -0.2) is 0 Å². The molecule has 0 spiro atoms. The SMILES string of the molecule is CCOc1ccc(C(O)CN2CCC(C)CCC2=O)cc1. The molecule has 1 aromatic rings. The van der Waals surface area contributed by atoms with Gasteiger partial charge in [0.2, 0.25) is 5.91 Å². The second-order valence-electron chi connectivity index (χ2n) is 5.79. The Hall–Kier alpha value is -1.55. The maximum Gasteiger partial charge on any atom is 0.222 e. The fourth-order valence-corrected chi connectivity index (χ4v) is 2.63. The maximum absolute atomic E-state index is 12.1. The lowest BCUT2D eigenvalue weighted by molar-refractivity contribution is -0.132. The van der Waals surface area contributed by atoms with Crippen molar-refractivity contribution in [1.29, 1.82) is 0 Å². The van der Waals surface area contributed by atoms with Gasteiger partial charge in [0.25, 0.3) is 0 Å². The predicted octanol–water partition coefficient (Wildman–Crippen LogP) is 2.77. The minimum Gasteiger partial charge on any atom is -0.494 e. The Kier molecular flexibility index (Phi) is 5.62. The van der Waals surface area contributed by atoms with Crippen molar-refractivity contribution in [3.05, 3.63) is 29.8 Å². The summed E-state index contributed by atoms with van der Waals surface area (Å²) >= 11 is 0. The second-order valence-corrected chi connectivity index (χ2v) is 5.79. The molecule has 2 rings (SSSR count). The number of nitrogens with zero attached hydrogens (tertiary/aromatic N) is 1. The van der Waals surface area contributed by atoms with Crippen LogP contribution < -0.4 is 4.74 Å². The Labute approximate surface area is 126 Å². The summed E-state index contributed by atoms with van der Waals surface area (Å²) in [4.78, 5) is 13.9. The van der Waals surface area contributed by atoms with E-state index < -0.39 is 6.10 Å². The first-order valence-corrected chi connectivity index (χ1v) is 7.78. The summed E-state index contributed by atoms with van der Waals surface area (Å²) in [5.74, 6) is 1.54. The topological polar surface area (TPSA) is 49.8 Å². The molecule has 21 heavy (non-hydrogen) atoms. The molecule has 2 unspecified atom stereocenters. The summed E-state index contributed by atoms with van der Waals surface area (Å²) in [6.07, 6.45) is 1.92. The monoisotopic (exact) mass is 291 g/mol. The average Bonchev–Trinajstić information content (AvgIpc) is 2.64. The molecule has 116 valence electrons. The van der Waals surface area contributed by atoms with Gasteiger partial charge in [0.15, 0.2) is 0 Å². The molecule has 1 saturated heterocycles. The van der Waals surface area contributed by atoms with Gasteiger partial charge in [-0.1, -0.05) is 19.1 Å². The van der Waals surface area contributed by atoms with Crippen molar-refractivity contribution in [3.8, 4) is 5.75 Å². The molecule has 1 aliphatic rings. The van der Waals surface area contributed by atoms with E-state index in [-0.39, 0.29) is 5.91 Å². The van der Waals surface area contributed by atoms with Crippen LogP contribution in [0.25, 0.3) is 0 Å². The van der Waals surface area contributed by atoms with E-state index in [0.717, 1.165) is 30.7 Å². The number of rotatable bonds is 5. The highest BCUT2D eigenvalue weighted by Crippen LogP contribution is 2.22.